The van der Waals surface area contributed by atoms with E-state index in [9.17, 15) is 14.4 Å². The molecular weight excluding hydrogens is 348 g/mol. The summed E-state index contributed by atoms with van der Waals surface area (Å²) in [5.74, 6) is -1.38. The Bertz CT molecular complexity index is 663. The van der Waals surface area contributed by atoms with Crippen LogP contribution in [0.15, 0.2) is 36.9 Å². The minimum atomic E-state index is -0.797. The molecule has 27 heavy (non-hydrogen) atoms. The summed E-state index contributed by atoms with van der Waals surface area (Å²) in [5, 5.41) is 11.8. The van der Waals surface area contributed by atoms with Gasteiger partial charge in [-0.1, -0.05) is 6.08 Å². The SMILES string of the molecule is C=CCOCCCC(=O)Nc1ccc(C(=O)N2CCC(C(=O)O)CC2)cc1. The highest BCUT2D eigenvalue weighted by Crippen LogP contribution is 2.20. The van der Waals surface area contributed by atoms with Crippen molar-refractivity contribution in [3.8, 4) is 0 Å². The van der Waals surface area contributed by atoms with E-state index in [0.29, 0.717) is 63.2 Å². The van der Waals surface area contributed by atoms with Gasteiger partial charge in [-0.15, -0.1) is 6.58 Å². The minimum absolute atomic E-state index is 0.105. The van der Waals surface area contributed by atoms with Crippen LogP contribution in [0, 0.1) is 5.92 Å². The van der Waals surface area contributed by atoms with Gasteiger partial charge in [-0.2, -0.15) is 0 Å². The van der Waals surface area contributed by atoms with Gasteiger partial charge in [-0.3, -0.25) is 14.4 Å². The number of amides is 2. The van der Waals surface area contributed by atoms with Crippen molar-refractivity contribution in [3.05, 3.63) is 42.5 Å². The standard InChI is InChI=1S/C20H26N2O5/c1-2-13-27-14-3-4-18(23)21-17-7-5-15(6-8-17)19(24)22-11-9-16(10-12-22)20(25)26/h2,5-8,16H,1,3-4,9-14H2,(H,21,23)(H,25,26). The predicted molar refractivity (Wildman–Crippen MR) is 102 cm³/mol. The van der Waals surface area contributed by atoms with Crippen molar-refractivity contribution in [2.75, 3.05) is 31.6 Å². The second-order valence-corrected chi connectivity index (χ2v) is 6.50. The Hall–Kier alpha value is -2.67. The number of carboxylic acid groups (broad SMARTS) is 1. The molecule has 1 saturated heterocycles. The minimum Gasteiger partial charge on any atom is -0.481 e. The van der Waals surface area contributed by atoms with E-state index in [0.717, 1.165) is 0 Å². The number of rotatable bonds is 9. The van der Waals surface area contributed by atoms with Crippen molar-refractivity contribution in [1.82, 2.24) is 4.90 Å². The van der Waals surface area contributed by atoms with E-state index >= 15 is 0 Å². The summed E-state index contributed by atoms with van der Waals surface area (Å²) in [6, 6.07) is 6.75. The second-order valence-electron chi connectivity index (χ2n) is 6.50. The molecule has 7 heteroatoms. The molecule has 7 nitrogen and oxygen atoms in total. The van der Waals surface area contributed by atoms with E-state index in [1.165, 1.54) is 0 Å². The number of ether oxygens (including phenoxy) is 1. The van der Waals surface area contributed by atoms with Gasteiger partial charge in [0.2, 0.25) is 5.91 Å². The molecule has 1 aliphatic rings. The zero-order chi connectivity index (χ0) is 19.6. The van der Waals surface area contributed by atoms with Crippen LogP contribution >= 0.6 is 0 Å². The fraction of sp³-hybridized carbons (Fsp3) is 0.450. The fourth-order valence-electron chi connectivity index (χ4n) is 2.93. The molecule has 2 amide bonds. The molecule has 1 heterocycles. The highest BCUT2D eigenvalue weighted by atomic mass is 16.5. The first-order valence-electron chi connectivity index (χ1n) is 9.12. The van der Waals surface area contributed by atoms with Crippen LogP contribution in [0.3, 0.4) is 0 Å². The summed E-state index contributed by atoms with van der Waals surface area (Å²) in [4.78, 5) is 37.1. The van der Waals surface area contributed by atoms with Crippen molar-refractivity contribution in [3.63, 3.8) is 0 Å². The Balaban J connectivity index is 1.79. The van der Waals surface area contributed by atoms with Crippen molar-refractivity contribution in [2.24, 2.45) is 5.92 Å². The number of hydrogen-bond donors (Lipinski definition) is 2. The Labute approximate surface area is 159 Å². The lowest BCUT2D eigenvalue weighted by Crippen LogP contribution is -2.40. The maximum Gasteiger partial charge on any atom is 0.306 e. The number of piperidine rings is 1. The monoisotopic (exact) mass is 374 g/mol. The molecule has 0 radical (unpaired) electrons. The lowest BCUT2D eigenvalue weighted by molar-refractivity contribution is -0.143. The van der Waals surface area contributed by atoms with Crippen molar-refractivity contribution in [1.29, 1.82) is 0 Å². The highest BCUT2D eigenvalue weighted by Gasteiger charge is 2.27. The van der Waals surface area contributed by atoms with Crippen LogP contribution in [0.4, 0.5) is 5.69 Å². The summed E-state index contributed by atoms with van der Waals surface area (Å²) >= 11 is 0. The number of carbonyl (C=O) groups excluding carboxylic acids is 2. The van der Waals surface area contributed by atoms with Gasteiger partial charge >= 0.3 is 5.97 Å². The van der Waals surface area contributed by atoms with Gasteiger partial charge in [0.25, 0.3) is 5.91 Å². The molecule has 2 N–H and O–H groups in total. The molecule has 0 unspecified atom stereocenters. The Morgan fingerprint density at radius 2 is 1.89 bits per heavy atom. The van der Waals surface area contributed by atoms with Crippen molar-refractivity contribution >= 4 is 23.5 Å². The van der Waals surface area contributed by atoms with Gasteiger partial charge in [-0.05, 0) is 43.5 Å². The molecular formula is C20H26N2O5. The van der Waals surface area contributed by atoms with E-state index in [1.54, 1.807) is 35.2 Å². The summed E-state index contributed by atoms with van der Waals surface area (Å²) in [5.41, 5.74) is 1.16. The predicted octanol–water partition coefficient (Wildman–Crippen LogP) is 2.54. The lowest BCUT2D eigenvalue weighted by Gasteiger charge is -2.30. The molecule has 0 aliphatic carbocycles. The molecule has 146 valence electrons. The van der Waals surface area contributed by atoms with Gasteiger partial charge in [0.1, 0.15) is 0 Å². The summed E-state index contributed by atoms with van der Waals surface area (Å²) in [7, 11) is 0. The topological polar surface area (TPSA) is 95.9 Å². The zero-order valence-electron chi connectivity index (χ0n) is 15.4. The molecule has 2 rings (SSSR count). The third-order valence-corrected chi connectivity index (χ3v) is 4.48. The fourth-order valence-corrected chi connectivity index (χ4v) is 2.93. The van der Waals surface area contributed by atoms with Crippen LogP contribution < -0.4 is 5.32 Å². The number of anilines is 1. The number of nitrogens with zero attached hydrogens (tertiary/aromatic N) is 1. The highest BCUT2D eigenvalue weighted by molar-refractivity contribution is 5.96. The molecule has 1 aromatic carbocycles. The van der Waals surface area contributed by atoms with E-state index in [2.05, 4.69) is 11.9 Å². The summed E-state index contributed by atoms with van der Waals surface area (Å²) in [6.07, 6.45) is 3.60. The molecule has 1 aromatic rings. The average Bonchev–Trinajstić information content (AvgIpc) is 2.68. The maximum absolute atomic E-state index is 12.5. The molecule has 0 aromatic heterocycles. The van der Waals surface area contributed by atoms with Crippen LogP contribution in [0.5, 0.6) is 0 Å². The quantitative estimate of drug-likeness (QED) is 0.511. The van der Waals surface area contributed by atoms with Gasteiger partial charge in [0, 0.05) is 37.4 Å². The number of carbonyl (C=O) groups is 3. The second kappa shape index (κ2) is 10.5. The third kappa shape index (κ3) is 6.53. The largest absolute Gasteiger partial charge is 0.481 e. The number of benzene rings is 1. The van der Waals surface area contributed by atoms with Crippen LogP contribution in [-0.2, 0) is 14.3 Å². The molecule has 0 bridgehead atoms. The summed E-state index contributed by atoms with van der Waals surface area (Å²) in [6.45, 7) is 5.43. The smallest absolute Gasteiger partial charge is 0.306 e. The van der Waals surface area contributed by atoms with Crippen LogP contribution in [0.1, 0.15) is 36.0 Å². The average molecular weight is 374 g/mol. The maximum atomic E-state index is 12.5. The van der Waals surface area contributed by atoms with Crippen molar-refractivity contribution in [2.45, 2.75) is 25.7 Å². The number of nitrogens with one attached hydrogen (secondary N) is 1. The third-order valence-electron chi connectivity index (χ3n) is 4.48. The van der Waals surface area contributed by atoms with Gasteiger partial charge in [0.15, 0.2) is 0 Å². The van der Waals surface area contributed by atoms with E-state index in [-0.39, 0.29) is 17.7 Å². The van der Waals surface area contributed by atoms with Gasteiger partial charge in [0.05, 0.1) is 12.5 Å². The molecule has 0 spiro atoms. The van der Waals surface area contributed by atoms with E-state index < -0.39 is 5.97 Å². The van der Waals surface area contributed by atoms with E-state index in [1.807, 2.05) is 0 Å². The number of likely N-dealkylation sites (tertiary alicyclic amines) is 1. The van der Waals surface area contributed by atoms with Crippen LogP contribution in [-0.4, -0.2) is 54.1 Å². The Kier molecular flexibility index (Phi) is 8.00. The molecule has 1 aliphatic heterocycles. The first kappa shape index (κ1) is 20.6. The van der Waals surface area contributed by atoms with E-state index in [4.69, 9.17) is 9.84 Å². The van der Waals surface area contributed by atoms with Crippen LogP contribution in [0.25, 0.3) is 0 Å². The van der Waals surface area contributed by atoms with Crippen molar-refractivity contribution < 1.29 is 24.2 Å². The number of carboxylic acids is 1. The van der Waals surface area contributed by atoms with Crippen LogP contribution in [0.2, 0.25) is 0 Å². The molecule has 0 saturated carbocycles. The first-order chi connectivity index (χ1) is 13.0. The lowest BCUT2D eigenvalue weighted by atomic mass is 9.96. The Morgan fingerprint density at radius 3 is 2.48 bits per heavy atom. The normalized spacial score (nSPS) is 14.6. The Morgan fingerprint density at radius 1 is 1.22 bits per heavy atom. The van der Waals surface area contributed by atoms with Gasteiger partial charge in [-0.25, -0.2) is 0 Å². The zero-order valence-corrected chi connectivity index (χ0v) is 15.4. The first-order valence-corrected chi connectivity index (χ1v) is 9.12. The van der Waals surface area contributed by atoms with Gasteiger partial charge < -0.3 is 20.1 Å². The molecule has 1 fully saturated rings. The number of aliphatic carboxylic acids is 1. The molecule has 0 atom stereocenters. The number of hydrogen-bond acceptors (Lipinski definition) is 4. The summed E-state index contributed by atoms with van der Waals surface area (Å²) < 4.78 is 5.23.